The number of nitrogens with zero attached hydrogens (tertiary/aromatic N) is 4. The molecule has 0 spiro atoms. The Morgan fingerprint density at radius 1 is 1.35 bits per heavy atom. The number of ether oxygens (including phenoxy) is 1. The van der Waals surface area contributed by atoms with Crippen molar-refractivity contribution in [1.82, 2.24) is 14.9 Å². The summed E-state index contributed by atoms with van der Waals surface area (Å²) in [4.78, 5) is 0. The van der Waals surface area contributed by atoms with Gasteiger partial charge in [-0.15, -0.1) is 10.2 Å². The Kier molecular flexibility index (Phi) is 4.79. The summed E-state index contributed by atoms with van der Waals surface area (Å²) in [6, 6.07) is 7.83. The maximum Gasteiger partial charge on any atom is 0.211 e. The maximum atomic E-state index is 5.66. The molecule has 1 aromatic heterocycles. The minimum atomic E-state index is 0.158. The molecule has 0 unspecified atom stereocenters. The van der Waals surface area contributed by atoms with Crippen LogP contribution in [0.3, 0.4) is 0 Å². The van der Waals surface area contributed by atoms with Crippen molar-refractivity contribution in [3.05, 3.63) is 35.7 Å². The van der Waals surface area contributed by atoms with Crippen LogP contribution >= 0.6 is 11.8 Å². The van der Waals surface area contributed by atoms with Gasteiger partial charge in [0, 0.05) is 0 Å². The second-order valence-electron chi connectivity index (χ2n) is 4.53. The van der Waals surface area contributed by atoms with Crippen LogP contribution in [0.2, 0.25) is 0 Å². The zero-order chi connectivity index (χ0) is 14.5. The third kappa shape index (κ3) is 3.60. The third-order valence-electron chi connectivity index (χ3n) is 2.50. The highest BCUT2D eigenvalue weighted by molar-refractivity contribution is 7.98. The number of rotatable bonds is 5. The van der Waals surface area contributed by atoms with Crippen molar-refractivity contribution in [1.29, 1.82) is 0 Å². The van der Waals surface area contributed by atoms with Gasteiger partial charge in [-0.05, 0) is 44.7 Å². The lowest BCUT2D eigenvalue weighted by Gasteiger charge is -2.09. The molecule has 1 aromatic carbocycles. The van der Waals surface area contributed by atoms with Gasteiger partial charge in [-0.1, -0.05) is 23.9 Å². The second kappa shape index (κ2) is 6.56. The lowest BCUT2D eigenvalue weighted by molar-refractivity contribution is 0.242. The summed E-state index contributed by atoms with van der Waals surface area (Å²) in [6.45, 7) is 5.89. The van der Waals surface area contributed by atoms with E-state index in [1.54, 1.807) is 10.9 Å². The van der Waals surface area contributed by atoms with Gasteiger partial charge in [0.25, 0.3) is 0 Å². The number of benzene rings is 1. The minimum absolute atomic E-state index is 0.158. The van der Waals surface area contributed by atoms with Gasteiger partial charge in [-0.3, -0.25) is 0 Å². The molecule has 6 heteroatoms. The van der Waals surface area contributed by atoms with Crippen LogP contribution in [0.5, 0.6) is 5.75 Å². The van der Waals surface area contributed by atoms with Gasteiger partial charge in [0.05, 0.1) is 12.3 Å². The SMILES string of the molecule is CSc1nnc(C)n1/N=C\c1cccc(OC(C)C)c1. The fourth-order valence-corrected chi connectivity index (χ4v) is 2.14. The topological polar surface area (TPSA) is 52.3 Å². The van der Waals surface area contributed by atoms with Crippen LogP contribution in [0.4, 0.5) is 0 Å². The highest BCUT2D eigenvalue weighted by atomic mass is 32.2. The Labute approximate surface area is 123 Å². The fraction of sp³-hybridized carbons (Fsp3) is 0.357. The molecule has 0 aliphatic carbocycles. The molecule has 2 aromatic rings. The Hall–Kier alpha value is -1.82. The summed E-state index contributed by atoms with van der Waals surface area (Å²) in [7, 11) is 0. The van der Waals surface area contributed by atoms with Crippen molar-refractivity contribution in [2.75, 3.05) is 6.26 Å². The molecular weight excluding hydrogens is 272 g/mol. The number of aryl methyl sites for hydroxylation is 1. The van der Waals surface area contributed by atoms with E-state index in [9.17, 15) is 0 Å². The maximum absolute atomic E-state index is 5.66. The van der Waals surface area contributed by atoms with Gasteiger partial charge in [0.2, 0.25) is 5.16 Å². The normalized spacial score (nSPS) is 11.4. The number of hydrogen-bond acceptors (Lipinski definition) is 5. The quantitative estimate of drug-likeness (QED) is 0.627. The smallest absolute Gasteiger partial charge is 0.211 e. The Balaban J connectivity index is 2.20. The van der Waals surface area contributed by atoms with Crippen molar-refractivity contribution in [3.63, 3.8) is 0 Å². The number of thioether (sulfide) groups is 1. The molecule has 0 amide bonds. The predicted molar refractivity (Wildman–Crippen MR) is 81.7 cm³/mol. The monoisotopic (exact) mass is 290 g/mol. The molecule has 0 aliphatic rings. The van der Waals surface area contributed by atoms with Gasteiger partial charge in [-0.2, -0.15) is 9.78 Å². The van der Waals surface area contributed by atoms with Gasteiger partial charge >= 0.3 is 0 Å². The van der Waals surface area contributed by atoms with Gasteiger partial charge in [0.1, 0.15) is 5.75 Å². The molecule has 20 heavy (non-hydrogen) atoms. The van der Waals surface area contributed by atoms with Crippen LogP contribution in [-0.2, 0) is 0 Å². The predicted octanol–water partition coefficient (Wildman–Crippen LogP) is 2.98. The van der Waals surface area contributed by atoms with E-state index in [4.69, 9.17) is 4.74 Å². The highest BCUT2D eigenvalue weighted by Gasteiger charge is 2.05. The average molecular weight is 290 g/mol. The van der Waals surface area contributed by atoms with E-state index in [2.05, 4.69) is 15.3 Å². The first kappa shape index (κ1) is 14.6. The van der Waals surface area contributed by atoms with Crippen LogP contribution in [0.15, 0.2) is 34.5 Å². The molecule has 0 radical (unpaired) electrons. The number of hydrogen-bond donors (Lipinski definition) is 0. The van der Waals surface area contributed by atoms with E-state index in [1.807, 2.05) is 51.3 Å². The van der Waals surface area contributed by atoms with E-state index >= 15 is 0 Å². The van der Waals surface area contributed by atoms with E-state index < -0.39 is 0 Å². The van der Waals surface area contributed by atoms with Crippen molar-refractivity contribution >= 4 is 18.0 Å². The summed E-state index contributed by atoms with van der Waals surface area (Å²) in [5.41, 5.74) is 0.975. The lowest BCUT2D eigenvalue weighted by Crippen LogP contribution is -2.05. The highest BCUT2D eigenvalue weighted by Crippen LogP contribution is 2.15. The van der Waals surface area contributed by atoms with E-state index in [0.29, 0.717) is 0 Å². The first-order valence-electron chi connectivity index (χ1n) is 6.37. The van der Waals surface area contributed by atoms with Crippen LogP contribution in [0, 0.1) is 6.92 Å². The molecule has 0 atom stereocenters. The van der Waals surface area contributed by atoms with E-state index in [0.717, 1.165) is 22.3 Å². The van der Waals surface area contributed by atoms with Crippen LogP contribution < -0.4 is 4.74 Å². The summed E-state index contributed by atoms with van der Waals surface area (Å²) in [5, 5.41) is 13.2. The molecule has 0 aliphatic heterocycles. The molecule has 1 heterocycles. The van der Waals surface area contributed by atoms with E-state index in [-0.39, 0.29) is 6.10 Å². The molecule has 5 nitrogen and oxygen atoms in total. The molecule has 0 saturated carbocycles. The zero-order valence-corrected chi connectivity index (χ0v) is 12.9. The second-order valence-corrected chi connectivity index (χ2v) is 5.30. The van der Waals surface area contributed by atoms with Gasteiger partial charge in [-0.25, -0.2) is 0 Å². The van der Waals surface area contributed by atoms with E-state index in [1.165, 1.54) is 11.8 Å². The lowest BCUT2D eigenvalue weighted by atomic mass is 10.2. The summed E-state index contributed by atoms with van der Waals surface area (Å²) in [5.74, 6) is 1.61. The van der Waals surface area contributed by atoms with Crippen LogP contribution in [0.1, 0.15) is 25.2 Å². The standard InChI is InChI=1S/C14H18N4OS/c1-10(2)19-13-7-5-6-12(8-13)9-15-18-11(3)16-17-14(18)20-4/h5-10H,1-4H3/b15-9-. The first-order chi connectivity index (χ1) is 9.60. The fourth-order valence-electron chi connectivity index (χ4n) is 1.66. The minimum Gasteiger partial charge on any atom is -0.491 e. The number of aromatic nitrogens is 3. The molecule has 106 valence electrons. The van der Waals surface area contributed by atoms with Gasteiger partial charge < -0.3 is 4.74 Å². The Morgan fingerprint density at radius 3 is 2.85 bits per heavy atom. The van der Waals surface area contributed by atoms with Crippen molar-refractivity contribution in [3.8, 4) is 5.75 Å². The Morgan fingerprint density at radius 2 is 2.15 bits per heavy atom. The third-order valence-corrected chi connectivity index (χ3v) is 3.12. The van der Waals surface area contributed by atoms with Crippen molar-refractivity contribution in [2.24, 2.45) is 5.10 Å². The zero-order valence-electron chi connectivity index (χ0n) is 12.1. The largest absolute Gasteiger partial charge is 0.491 e. The first-order valence-corrected chi connectivity index (χ1v) is 7.59. The van der Waals surface area contributed by atoms with Crippen molar-refractivity contribution < 1.29 is 4.74 Å². The summed E-state index contributed by atoms with van der Waals surface area (Å²) >= 11 is 1.51. The van der Waals surface area contributed by atoms with Crippen LogP contribution in [-0.4, -0.2) is 33.4 Å². The van der Waals surface area contributed by atoms with Gasteiger partial charge in [0.15, 0.2) is 5.82 Å². The molecule has 0 fully saturated rings. The molecule has 2 rings (SSSR count). The molecule has 0 bridgehead atoms. The summed E-state index contributed by atoms with van der Waals surface area (Å²) < 4.78 is 7.39. The summed E-state index contributed by atoms with van der Waals surface area (Å²) in [6.07, 6.45) is 3.89. The molecule has 0 N–H and O–H groups in total. The van der Waals surface area contributed by atoms with Crippen LogP contribution in [0.25, 0.3) is 0 Å². The average Bonchev–Trinajstić information content (AvgIpc) is 2.76. The van der Waals surface area contributed by atoms with Crippen molar-refractivity contribution in [2.45, 2.75) is 32.0 Å². The Bertz CT molecular complexity index is 607. The molecular formula is C14H18N4OS. The molecule has 0 saturated heterocycles.